The molecule has 2 rings (SSSR count). The van der Waals surface area contributed by atoms with E-state index in [4.69, 9.17) is 0 Å². The van der Waals surface area contributed by atoms with Crippen molar-refractivity contribution < 1.29 is 0 Å². The lowest BCUT2D eigenvalue weighted by Gasteiger charge is -1.99. The van der Waals surface area contributed by atoms with E-state index in [2.05, 4.69) is 37.8 Å². The van der Waals surface area contributed by atoms with Gasteiger partial charge in [0.2, 0.25) is 0 Å². The van der Waals surface area contributed by atoms with Gasteiger partial charge in [0, 0.05) is 0 Å². The van der Waals surface area contributed by atoms with Crippen molar-refractivity contribution >= 4 is 6.08 Å². The van der Waals surface area contributed by atoms with Crippen LogP contribution in [0.5, 0.6) is 0 Å². The minimum absolute atomic E-state index is 0.824. The smallest absolute Gasteiger partial charge is 0.0133 e. The molecule has 2 atom stereocenters. The topological polar surface area (TPSA) is 0 Å². The van der Waals surface area contributed by atoms with E-state index in [1.807, 2.05) is 19.9 Å². The summed E-state index contributed by atoms with van der Waals surface area (Å²) in [6.45, 7) is 10.1. The van der Waals surface area contributed by atoms with E-state index >= 15 is 0 Å². The Morgan fingerprint density at radius 1 is 1.36 bits per heavy atom. The average Bonchev–Trinajstić information content (AvgIpc) is 2.99. The minimum atomic E-state index is 0.824. The lowest BCUT2D eigenvalue weighted by Crippen LogP contribution is -1.81. The van der Waals surface area contributed by atoms with Gasteiger partial charge in [-0.3, -0.25) is 0 Å². The van der Waals surface area contributed by atoms with Crippen molar-refractivity contribution in [3.05, 3.63) is 42.0 Å². The highest BCUT2D eigenvalue weighted by Gasteiger charge is 2.33. The van der Waals surface area contributed by atoms with Crippen molar-refractivity contribution in [3.8, 4) is 0 Å². The van der Waals surface area contributed by atoms with Gasteiger partial charge < -0.3 is 0 Å². The number of hydrogen-bond acceptors (Lipinski definition) is 0. The van der Waals surface area contributed by atoms with Crippen molar-refractivity contribution in [2.45, 2.75) is 33.1 Å². The summed E-state index contributed by atoms with van der Waals surface area (Å²) in [4.78, 5) is 0. The lowest BCUT2D eigenvalue weighted by molar-refractivity contribution is 0.914. The van der Waals surface area contributed by atoms with Crippen LogP contribution in [-0.4, -0.2) is 0 Å². The number of rotatable bonds is 2. The highest BCUT2D eigenvalue weighted by molar-refractivity contribution is 5.49. The zero-order valence-corrected chi connectivity index (χ0v) is 9.46. The van der Waals surface area contributed by atoms with Gasteiger partial charge in [-0.05, 0) is 29.4 Å². The van der Waals surface area contributed by atoms with Crippen LogP contribution in [0.25, 0.3) is 6.08 Å². The van der Waals surface area contributed by atoms with Crippen LogP contribution in [0.3, 0.4) is 0 Å². The molecular weight excluding hydrogens is 168 g/mol. The second-order valence-electron chi connectivity index (χ2n) is 3.69. The number of benzene rings is 1. The zero-order valence-electron chi connectivity index (χ0n) is 9.46. The number of hydrogen-bond donors (Lipinski definition) is 0. The van der Waals surface area contributed by atoms with Crippen molar-refractivity contribution in [1.82, 2.24) is 0 Å². The molecule has 1 aromatic rings. The minimum Gasteiger partial charge on any atom is -0.0985 e. The fraction of sp³-hybridized carbons (Fsp3) is 0.429. The van der Waals surface area contributed by atoms with E-state index in [9.17, 15) is 0 Å². The van der Waals surface area contributed by atoms with Crippen LogP contribution in [0, 0.1) is 5.92 Å². The molecule has 0 amide bonds. The Bertz CT molecular complexity index is 299. The van der Waals surface area contributed by atoms with Crippen LogP contribution >= 0.6 is 0 Å². The van der Waals surface area contributed by atoms with Gasteiger partial charge in [0.25, 0.3) is 0 Å². The van der Waals surface area contributed by atoms with Crippen molar-refractivity contribution in [3.63, 3.8) is 0 Å². The van der Waals surface area contributed by atoms with Gasteiger partial charge in [-0.1, -0.05) is 57.7 Å². The lowest BCUT2D eigenvalue weighted by atomic mass is 10.1. The van der Waals surface area contributed by atoms with Gasteiger partial charge >= 0.3 is 0 Å². The standard InChI is InChI=1S/C12H14.C2H6/c1-3-10-5-4-6-11(8-10)12-7-9(12)2;1-2/h3-6,8-9,12H,1,7H2,2H3;1-2H3. The average molecular weight is 188 g/mol. The summed E-state index contributed by atoms with van der Waals surface area (Å²) in [7, 11) is 0. The van der Waals surface area contributed by atoms with E-state index in [0.717, 1.165) is 11.8 Å². The predicted octanol–water partition coefficient (Wildman–Crippen LogP) is 4.48. The molecule has 76 valence electrons. The quantitative estimate of drug-likeness (QED) is 0.642. The molecule has 0 heterocycles. The third kappa shape index (κ3) is 2.47. The maximum absolute atomic E-state index is 3.77. The largest absolute Gasteiger partial charge is 0.0985 e. The Balaban J connectivity index is 0.000000461. The van der Waals surface area contributed by atoms with Crippen molar-refractivity contribution in [2.24, 2.45) is 5.92 Å². The molecule has 0 bridgehead atoms. The normalized spacial score (nSPS) is 23.4. The van der Waals surface area contributed by atoms with Crippen molar-refractivity contribution in [2.75, 3.05) is 0 Å². The van der Waals surface area contributed by atoms with Gasteiger partial charge in [0.1, 0.15) is 0 Å². The fourth-order valence-electron chi connectivity index (χ4n) is 1.70. The molecule has 0 aromatic heterocycles. The fourth-order valence-corrected chi connectivity index (χ4v) is 1.70. The summed E-state index contributed by atoms with van der Waals surface area (Å²) in [5.74, 6) is 1.72. The van der Waals surface area contributed by atoms with Crippen LogP contribution in [-0.2, 0) is 0 Å². The Hall–Kier alpha value is -1.04. The maximum Gasteiger partial charge on any atom is -0.0133 e. The first-order valence-electron chi connectivity index (χ1n) is 5.53. The molecule has 0 saturated heterocycles. The molecule has 0 aliphatic heterocycles. The van der Waals surface area contributed by atoms with Gasteiger partial charge in [0.15, 0.2) is 0 Å². The molecule has 0 nitrogen and oxygen atoms in total. The summed E-state index contributed by atoms with van der Waals surface area (Å²) in [5.41, 5.74) is 2.73. The van der Waals surface area contributed by atoms with Crippen LogP contribution < -0.4 is 0 Å². The van der Waals surface area contributed by atoms with Crippen molar-refractivity contribution in [1.29, 1.82) is 0 Å². The predicted molar refractivity (Wildman–Crippen MR) is 64.4 cm³/mol. The summed E-state index contributed by atoms with van der Waals surface area (Å²) in [5, 5.41) is 0. The van der Waals surface area contributed by atoms with E-state index < -0.39 is 0 Å². The molecule has 0 heteroatoms. The molecule has 0 spiro atoms. The molecule has 0 radical (unpaired) electrons. The highest BCUT2D eigenvalue weighted by Crippen LogP contribution is 2.46. The van der Waals surface area contributed by atoms with Gasteiger partial charge in [0.05, 0.1) is 0 Å². The highest BCUT2D eigenvalue weighted by atomic mass is 14.4. The zero-order chi connectivity index (χ0) is 10.6. The van der Waals surface area contributed by atoms with E-state index in [-0.39, 0.29) is 0 Å². The molecule has 2 unspecified atom stereocenters. The second kappa shape index (κ2) is 4.99. The Morgan fingerprint density at radius 3 is 2.50 bits per heavy atom. The molecule has 1 aliphatic carbocycles. The molecule has 0 N–H and O–H groups in total. The Kier molecular flexibility index (Phi) is 3.94. The van der Waals surface area contributed by atoms with Crippen LogP contribution in [0.2, 0.25) is 0 Å². The second-order valence-corrected chi connectivity index (χ2v) is 3.69. The Labute approximate surface area is 87.7 Å². The summed E-state index contributed by atoms with van der Waals surface area (Å²) >= 11 is 0. The van der Waals surface area contributed by atoms with Gasteiger partial charge in [-0.25, -0.2) is 0 Å². The summed E-state index contributed by atoms with van der Waals surface area (Å²) < 4.78 is 0. The van der Waals surface area contributed by atoms with Crippen LogP contribution in [0.4, 0.5) is 0 Å². The molecule has 1 fully saturated rings. The van der Waals surface area contributed by atoms with Crippen LogP contribution in [0.15, 0.2) is 30.8 Å². The third-order valence-electron chi connectivity index (χ3n) is 2.68. The first kappa shape index (κ1) is 11.0. The molecule has 1 saturated carbocycles. The molecular formula is C14H20. The summed E-state index contributed by atoms with van der Waals surface area (Å²) in [6, 6.07) is 8.70. The van der Waals surface area contributed by atoms with Gasteiger partial charge in [-0.15, -0.1) is 0 Å². The van der Waals surface area contributed by atoms with E-state index in [1.165, 1.54) is 17.5 Å². The van der Waals surface area contributed by atoms with Gasteiger partial charge in [-0.2, -0.15) is 0 Å². The SMILES string of the molecule is C=Cc1cccc(C2CC2C)c1.CC. The Morgan fingerprint density at radius 2 is 2.00 bits per heavy atom. The first-order chi connectivity index (χ1) is 6.81. The van der Waals surface area contributed by atoms with Crippen LogP contribution in [0.1, 0.15) is 44.2 Å². The van der Waals surface area contributed by atoms with E-state index in [0.29, 0.717) is 0 Å². The summed E-state index contributed by atoms with van der Waals surface area (Å²) in [6.07, 6.45) is 3.27. The molecule has 1 aliphatic rings. The molecule has 1 aromatic carbocycles. The maximum atomic E-state index is 3.77. The van der Waals surface area contributed by atoms with E-state index in [1.54, 1.807) is 0 Å². The molecule has 14 heavy (non-hydrogen) atoms. The third-order valence-corrected chi connectivity index (χ3v) is 2.68. The monoisotopic (exact) mass is 188 g/mol. The first-order valence-corrected chi connectivity index (χ1v) is 5.53.